The Balaban J connectivity index is 2.10. The van der Waals surface area contributed by atoms with E-state index >= 15 is 0 Å². The molecule has 2 fully saturated rings. The highest BCUT2D eigenvalue weighted by Gasteiger charge is 2.55. The second-order valence-electron chi connectivity index (χ2n) is 7.10. The molecule has 0 aromatic carbocycles. The Bertz CT molecular complexity index is 307. The van der Waals surface area contributed by atoms with E-state index in [0.29, 0.717) is 29.5 Å². The van der Waals surface area contributed by atoms with E-state index in [1.165, 1.54) is 44.1 Å². The summed E-state index contributed by atoms with van der Waals surface area (Å²) in [5.74, 6) is 0.653. The summed E-state index contributed by atoms with van der Waals surface area (Å²) in [6.45, 7) is 3.53. The van der Waals surface area contributed by atoms with Gasteiger partial charge >= 0.3 is 0 Å². The fourth-order valence-corrected chi connectivity index (χ4v) is 5.15. The lowest BCUT2D eigenvalue weighted by atomic mass is 9.59. The van der Waals surface area contributed by atoms with Gasteiger partial charge in [0.15, 0.2) is 0 Å². The molecule has 3 atom stereocenters. The van der Waals surface area contributed by atoms with Crippen molar-refractivity contribution >= 4 is 12.0 Å². The molecule has 2 aliphatic carbocycles. The summed E-state index contributed by atoms with van der Waals surface area (Å²) in [5.41, 5.74) is 6.63. The Labute approximate surface area is 128 Å². The van der Waals surface area contributed by atoms with Gasteiger partial charge in [-0.2, -0.15) is 0 Å². The van der Waals surface area contributed by atoms with E-state index < -0.39 is 0 Å². The molecule has 0 unspecified atom stereocenters. The fourth-order valence-electron chi connectivity index (χ4n) is 4.71. The Kier molecular flexibility index (Phi) is 5.80. The summed E-state index contributed by atoms with van der Waals surface area (Å²) in [6.07, 6.45) is 11.9. The summed E-state index contributed by atoms with van der Waals surface area (Å²) < 4.78 is 5.84. The van der Waals surface area contributed by atoms with Gasteiger partial charge in [-0.25, -0.2) is 0 Å². The van der Waals surface area contributed by atoms with Crippen LogP contribution in [0.15, 0.2) is 0 Å². The maximum absolute atomic E-state index is 9.42. The first kappa shape index (κ1) is 16.6. The second-order valence-corrected chi connectivity index (χ2v) is 7.63. The van der Waals surface area contributed by atoms with Crippen molar-refractivity contribution in [1.29, 1.82) is 0 Å². The first-order chi connectivity index (χ1) is 9.60. The normalized spacial score (nSPS) is 33.9. The van der Waals surface area contributed by atoms with Gasteiger partial charge in [0.05, 0.1) is 6.10 Å². The average Bonchev–Trinajstić information content (AvgIpc) is 3.17. The number of hydrogen-bond acceptors (Lipinski definition) is 4. The van der Waals surface area contributed by atoms with Crippen LogP contribution in [0.2, 0.25) is 0 Å². The summed E-state index contributed by atoms with van der Waals surface area (Å²) in [7, 11) is 0. The Morgan fingerprint density at radius 2 is 2.15 bits per heavy atom. The third kappa shape index (κ3) is 3.52. The average molecular weight is 301 g/mol. The van der Waals surface area contributed by atoms with E-state index in [-0.39, 0.29) is 0 Å². The van der Waals surface area contributed by atoms with Gasteiger partial charge in [0.1, 0.15) is 0 Å². The Morgan fingerprint density at radius 1 is 1.40 bits per heavy atom. The SMILES string of the molecule is CSO[C@H]1CCC[C@](C)([C@H](CCN)C2(CCO)CC2)C1. The van der Waals surface area contributed by atoms with Crippen molar-refractivity contribution in [2.75, 3.05) is 19.4 Å². The zero-order valence-electron chi connectivity index (χ0n) is 13.1. The molecule has 0 spiro atoms. The molecule has 2 aliphatic rings. The van der Waals surface area contributed by atoms with Gasteiger partial charge in [-0.05, 0) is 80.3 Å². The highest BCUT2D eigenvalue weighted by molar-refractivity contribution is 7.93. The van der Waals surface area contributed by atoms with E-state index in [9.17, 15) is 5.11 Å². The topological polar surface area (TPSA) is 55.5 Å². The number of nitrogens with two attached hydrogens (primary N) is 1. The molecule has 0 aromatic heterocycles. The smallest absolute Gasteiger partial charge is 0.0727 e. The third-order valence-electron chi connectivity index (χ3n) is 5.74. The van der Waals surface area contributed by atoms with Gasteiger partial charge in [0, 0.05) is 12.9 Å². The predicted octanol–water partition coefficient (Wildman–Crippen LogP) is 3.36. The van der Waals surface area contributed by atoms with Gasteiger partial charge in [0.25, 0.3) is 0 Å². The molecule has 0 bridgehead atoms. The van der Waals surface area contributed by atoms with Gasteiger partial charge < -0.3 is 15.0 Å². The van der Waals surface area contributed by atoms with Gasteiger partial charge in [-0.1, -0.05) is 13.3 Å². The van der Waals surface area contributed by atoms with Crippen LogP contribution in [-0.2, 0) is 4.18 Å². The van der Waals surface area contributed by atoms with Crippen molar-refractivity contribution in [3.8, 4) is 0 Å². The summed E-state index contributed by atoms with van der Waals surface area (Å²) >= 11 is 1.50. The van der Waals surface area contributed by atoms with E-state index in [1.807, 2.05) is 6.26 Å². The quantitative estimate of drug-likeness (QED) is 0.675. The van der Waals surface area contributed by atoms with Crippen LogP contribution in [-0.4, -0.2) is 30.6 Å². The molecule has 0 aromatic rings. The summed E-state index contributed by atoms with van der Waals surface area (Å²) in [6, 6.07) is 0. The Hall–Kier alpha value is 0.230. The third-order valence-corrected chi connectivity index (χ3v) is 6.20. The lowest BCUT2D eigenvalue weighted by molar-refractivity contribution is -0.0000394. The van der Waals surface area contributed by atoms with Crippen LogP contribution in [0.3, 0.4) is 0 Å². The molecule has 2 rings (SSSR count). The van der Waals surface area contributed by atoms with Crippen LogP contribution in [0.5, 0.6) is 0 Å². The van der Waals surface area contributed by atoms with E-state index in [2.05, 4.69) is 6.92 Å². The lowest BCUT2D eigenvalue weighted by Crippen LogP contribution is -2.41. The van der Waals surface area contributed by atoms with Crippen LogP contribution in [0.25, 0.3) is 0 Å². The van der Waals surface area contributed by atoms with Crippen LogP contribution in [0, 0.1) is 16.7 Å². The maximum Gasteiger partial charge on any atom is 0.0727 e. The molecule has 20 heavy (non-hydrogen) atoms. The highest BCUT2D eigenvalue weighted by atomic mass is 32.2. The monoisotopic (exact) mass is 301 g/mol. The Morgan fingerprint density at radius 3 is 2.70 bits per heavy atom. The second kappa shape index (κ2) is 6.99. The number of hydrogen-bond donors (Lipinski definition) is 2. The predicted molar refractivity (Wildman–Crippen MR) is 85.5 cm³/mol. The van der Waals surface area contributed by atoms with Crippen LogP contribution in [0.4, 0.5) is 0 Å². The molecule has 2 saturated carbocycles. The van der Waals surface area contributed by atoms with Crippen molar-refractivity contribution in [2.45, 2.75) is 64.4 Å². The lowest BCUT2D eigenvalue weighted by Gasteiger charge is -2.47. The first-order valence-electron chi connectivity index (χ1n) is 8.10. The van der Waals surface area contributed by atoms with Crippen LogP contribution < -0.4 is 5.73 Å². The number of rotatable bonds is 8. The molecule has 0 amide bonds. The van der Waals surface area contributed by atoms with E-state index in [1.54, 1.807) is 0 Å². The number of aliphatic hydroxyl groups excluding tert-OH is 1. The molecule has 3 nitrogen and oxygen atoms in total. The van der Waals surface area contributed by atoms with Gasteiger partial charge in [-0.15, -0.1) is 0 Å². The summed E-state index contributed by atoms with van der Waals surface area (Å²) in [5, 5.41) is 9.42. The van der Waals surface area contributed by atoms with E-state index in [0.717, 1.165) is 25.8 Å². The molecule has 0 aliphatic heterocycles. The maximum atomic E-state index is 9.42. The zero-order chi connectivity index (χ0) is 14.6. The molecule has 0 radical (unpaired) electrons. The standard InChI is InChI=1S/C16H31NO2S/c1-15(6-3-4-13(12-15)19-20-2)14(5-10-17)16(7-8-16)9-11-18/h13-14,18H,3-12,17H2,1-2H3/t13-,14-,15-/m0/s1. The molecule has 4 heteroatoms. The molecule has 0 heterocycles. The minimum atomic E-state index is 0.321. The van der Waals surface area contributed by atoms with Crippen molar-refractivity contribution in [3.05, 3.63) is 0 Å². The van der Waals surface area contributed by atoms with E-state index in [4.69, 9.17) is 9.92 Å². The van der Waals surface area contributed by atoms with Crippen molar-refractivity contribution in [3.63, 3.8) is 0 Å². The largest absolute Gasteiger partial charge is 0.396 e. The summed E-state index contributed by atoms with van der Waals surface area (Å²) in [4.78, 5) is 0. The molecule has 0 saturated heterocycles. The molecule has 3 N–H and O–H groups in total. The fraction of sp³-hybridized carbons (Fsp3) is 1.00. The number of aliphatic hydroxyl groups is 1. The molecular formula is C16H31NO2S. The molecular weight excluding hydrogens is 270 g/mol. The first-order valence-corrected chi connectivity index (χ1v) is 9.25. The van der Waals surface area contributed by atoms with Crippen LogP contribution >= 0.6 is 12.0 Å². The van der Waals surface area contributed by atoms with Gasteiger partial charge in [0.2, 0.25) is 0 Å². The van der Waals surface area contributed by atoms with Crippen LogP contribution in [0.1, 0.15) is 58.3 Å². The molecule has 118 valence electrons. The minimum absolute atomic E-state index is 0.321. The zero-order valence-corrected chi connectivity index (χ0v) is 13.9. The van der Waals surface area contributed by atoms with Crippen molar-refractivity contribution in [1.82, 2.24) is 0 Å². The highest BCUT2D eigenvalue weighted by Crippen LogP contribution is 2.63. The minimum Gasteiger partial charge on any atom is -0.396 e. The van der Waals surface area contributed by atoms with Crippen molar-refractivity contribution in [2.24, 2.45) is 22.5 Å². The van der Waals surface area contributed by atoms with Gasteiger partial charge in [-0.3, -0.25) is 0 Å². The van der Waals surface area contributed by atoms with Crippen molar-refractivity contribution < 1.29 is 9.29 Å².